The maximum absolute atomic E-state index is 10.6. The molecule has 4 nitrogen and oxygen atoms in total. The SMILES string of the molecule is O=C(CCl)OC1COCCO1. The van der Waals surface area contributed by atoms with Crippen LogP contribution in [0.5, 0.6) is 0 Å². The van der Waals surface area contributed by atoms with Gasteiger partial charge in [-0.25, -0.2) is 0 Å². The van der Waals surface area contributed by atoms with E-state index >= 15 is 0 Å². The van der Waals surface area contributed by atoms with E-state index in [1.54, 1.807) is 0 Å². The number of carbonyl (C=O) groups excluding carboxylic acids is 1. The van der Waals surface area contributed by atoms with Gasteiger partial charge in [0, 0.05) is 0 Å². The molecule has 11 heavy (non-hydrogen) atoms. The van der Waals surface area contributed by atoms with Crippen LogP contribution in [0.25, 0.3) is 0 Å². The van der Waals surface area contributed by atoms with Crippen molar-refractivity contribution in [1.29, 1.82) is 0 Å². The van der Waals surface area contributed by atoms with Crippen molar-refractivity contribution in [3.63, 3.8) is 0 Å². The maximum atomic E-state index is 10.6. The van der Waals surface area contributed by atoms with Gasteiger partial charge in [0.25, 0.3) is 0 Å². The monoisotopic (exact) mass is 180 g/mol. The highest BCUT2D eigenvalue weighted by atomic mass is 35.5. The van der Waals surface area contributed by atoms with Gasteiger partial charge in [0.2, 0.25) is 6.29 Å². The van der Waals surface area contributed by atoms with Crippen LogP contribution in [0.1, 0.15) is 0 Å². The first-order valence-electron chi connectivity index (χ1n) is 3.27. The summed E-state index contributed by atoms with van der Waals surface area (Å²) in [6.45, 7) is 1.30. The lowest BCUT2D eigenvalue weighted by Gasteiger charge is -2.22. The number of carbonyl (C=O) groups is 1. The van der Waals surface area contributed by atoms with Gasteiger partial charge in [-0.05, 0) is 0 Å². The first-order valence-corrected chi connectivity index (χ1v) is 3.81. The molecule has 0 bridgehead atoms. The van der Waals surface area contributed by atoms with Gasteiger partial charge in [0.05, 0.1) is 13.2 Å². The van der Waals surface area contributed by atoms with Crippen molar-refractivity contribution in [3.8, 4) is 0 Å². The summed E-state index contributed by atoms with van der Waals surface area (Å²) in [5, 5.41) is 0. The molecule has 1 heterocycles. The summed E-state index contributed by atoms with van der Waals surface area (Å²) in [7, 11) is 0. The molecule has 0 N–H and O–H groups in total. The fourth-order valence-electron chi connectivity index (χ4n) is 0.712. The third-order valence-corrected chi connectivity index (χ3v) is 1.38. The molecule has 1 atom stereocenters. The topological polar surface area (TPSA) is 44.8 Å². The van der Waals surface area contributed by atoms with Gasteiger partial charge in [-0.15, -0.1) is 11.6 Å². The zero-order valence-corrected chi connectivity index (χ0v) is 6.67. The van der Waals surface area contributed by atoms with Crippen molar-refractivity contribution in [1.82, 2.24) is 0 Å². The molecule has 5 heteroatoms. The van der Waals surface area contributed by atoms with Crippen LogP contribution in [0.4, 0.5) is 0 Å². The van der Waals surface area contributed by atoms with Crippen LogP contribution < -0.4 is 0 Å². The molecule has 0 aromatic rings. The van der Waals surface area contributed by atoms with E-state index in [-0.39, 0.29) is 5.88 Å². The molecule has 1 rings (SSSR count). The highest BCUT2D eigenvalue weighted by Gasteiger charge is 2.17. The van der Waals surface area contributed by atoms with Crippen LogP contribution >= 0.6 is 11.6 Å². The van der Waals surface area contributed by atoms with Crippen LogP contribution in [-0.4, -0.2) is 38.0 Å². The molecule has 0 saturated carbocycles. The summed E-state index contributed by atoms with van der Waals surface area (Å²) in [6.07, 6.45) is -0.574. The first kappa shape index (κ1) is 8.77. The van der Waals surface area contributed by atoms with E-state index in [4.69, 9.17) is 25.8 Å². The molecule has 0 aliphatic carbocycles. The van der Waals surface area contributed by atoms with Crippen LogP contribution in [0.15, 0.2) is 0 Å². The second-order valence-electron chi connectivity index (χ2n) is 2.00. The lowest BCUT2D eigenvalue weighted by molar-refractivity contribution is -0.212. The average molecular weight is 181 g/mol. The Bertz CT molecular complexity index is 133. The molecule has 0 amide bonds. The van der Waals surface area contributed by atoms with Crippen LogP contribution in [0.3, 0.4) is 0 Å². The van der Waals surface area contributed by atoms with Crippen LogP contribution in [0.2, 0.25) is 0 Å². The highest BCUT2D eigenvalue weighted by molar-refractivity contribution is 6.26. The number of ether oxygens (including phenoxy) is 3. The fourth-order valence-corrected chi connectivity index (χ4v) is 0.775. The highest BCUT2D eigenvalue weighted by Crippen LogP contribution is 2.02. The largest absolute Gasteiger partial charge is 0.432 e. The van der Waals surface area contributed by atoms with E-state index in [1.165, 1.54) is 0 Å². The average Bonchev–Trinajstić information content (AvgIpc) is 2.06. The Morgan fingerprint density at radius 1 is 1.64 bits per heavy atom. The Labute approximate surface area is 69.4 Å². The quantitative estimate of drug-likeness (QED) is 0.448. The van der Waals surface area contributed by atoms with Gasteiger partial charge in [-0.3, -0.25) is 4.79 Å². The minimum atomic E-state index is -0.574. The summed E-state index contributed by atoms with van der Waals surface area (Å²) in [5.41, 5.74) is 0. The van der Waals surface area contributed by atoms with Gasteiger partial charge in [0.1, 0.15) is 12.5 Å². The zero-order chi connectivity index (χ0) is 8.10. The number of rotatable bonds is 2. The van der Waals surface area contributed by atoms with E-state index in [0.717, 1.165) is 0 Å². The van der Waals surface area contributed by atoms with Gasteiger partial charge >= 0.3 is 5.97 Å². The molecule has 0 aromatic heterocycles. The van der Waals surface area contributed by atoms with E-state index in [2.05, 4.69) is 0 Å². The normalized spacial score (nSPS) is 24.6. The van der Waals surface area contributed by atoms with Crippen molar-refractivity contribution >= 4 is 17.6 Å². The van der Waals surface area contributed by atoms with Crippen LogP contribution in [-0.2, 0) is 19.0 Å². The van der Waals surface area contributed by atoms with Crippen molar-refractivity contribution in [2.75, 3.05) is 25.7 Å². The number of alkyl halides is 1. The standard InChI is InChI=1S/C6H9ClO4/c7-3-5(8)11-6-4-9-1-2-10-6/h6H,1-4H2. The minimum absolute atomic E-state index is 0.153. The lowest BCUT2D eigenvalue weighted by Crippen LogP contribution is -2.33. The zero-order valence-electron chi connectivity index (χ0n) is 5.92. The minimum Gasteiger partial charge on any atom is -0.432 e. The Kier molecular flexibility index (Phi) is 3.62. The summed E-state index contributed by atoms with van der Waals surface area (Å²) >= 11 is 5.20. The van der Waals surface area contributed by atoms with E-state index in [1.807, 2.05) is 0 Å². The summed E-state index contributed by atoms with van der Waals surface area (Å²) < 4.78 is 14.7. The van der Waals surface area contributed by atoms with Crippen molar-refractivity contribution in [2.24, 2.45) is 0 Å². The predicted molar refractivity (Wildman–Crippen MR) is 37.4 cm³/mol. The number of esters is 1. The third kappa shape index (κ3) is 3.05. The van der Waals surface area contributed by atoms with Gasteiger partial charge in [0.15, 0.2) is 0 Å². The fraction of sp³-hybridized carbons (Fsp3) is 0.833. The van der Waals surface area contributed by atoms with E-state index < -0.39 is 12.3 Å². The number of halogens is 1. The first-order chi connectivity index (χ1) is 5.33. The van der Waals surface area contributed by atoms with Crippen LogP contribution in [0, 0.1) is 0 Å². The van der Waals surface area contributed by atoms with Crippen molar-refractivity contribution < 1.29 is 19.0 Å². The molecule has 0 radical (unpaired) electrons. The second kappa shape index (κ2) is 4.54. The summed E-state index contributed by atoms with van der Waals surface area (Å²) in [4.78, 5) is 10.6. The number of hydrogen-bond donors (Lipinski definition) is 0. The Morgan fingerprint density at radius 3 is 3.00 bits per heavy atom. The van der Waals surface area contributed by atoms with E-state index in [0.29, 0.717) is 19.8 Å². The predicted octanol–water partition coefficient (Wildman–Crippen LogP) is 0.141. The smallest absolute Gasteiger partial charge is 0.323 e. The van der Waals surface area contributed by atoms with E-state index in [9.17, 15) is 4.79 Å². The summed E-state index contributed by atoms with van der Waals surface area (Å²) in [6, 6.07) is 0. The molecule has 0 aromatic carbocycles. The summed E-state index contributed by atoms with van der Waals surface area (Å²) in [5.74, 6) is -0.637. The lowest BCUT2D eigenvalue weighted by atomic mass is 10.6. The Balaban J connectivity index is 2.19. The molecular weight excluding hydrogens is 172 g/mol. The molecular formula is C6H9ClO4. The molecule has 1 aliphatic heterocycles. The molecule has 1 saturated heterocycles. The van der Waals surface area contributed by atoms with Gasteiger partial charge < -0.3 is 14.2 Å². The van der Waals surface area contributed by atoms with Gasteiger partial charge in [-0.1, -0.05) is 0 Å². The van der Waals surface area contributed by atoms with Crippen molar-refractivity contribution in [3.05, 3.63) is 0 Å². The molecule has 1 fully saturated rings. The molecule has 1 aliphatic rings. The Morgan fingerprint density at radius 2 is 2.45 bits per heavy atom. The maximum Gasteiger partial charge on any atom is 0.323 e. The molecule has 64 valence electrons. The molecule has 1 unspecified atom stereocenters. The molecule has 0 spiro atoms. The number of hydrogen-bond acceptors (Lipinski definition) is 4. The Hall–Kier alpha value is -0.320. The van der Waals surface area contributed by atoms with Gasteiger partial charge in [-0.2, -0.15) is 0 Å². The second-order valence-corrected chi connectivity index (χ2v) is 2.27. The van der Waals surface area contributed by atoms with Crippen molar-refractivity contribution in [2.45, 2.75) is 6.29 Å². The third-order valence-electron chi connectivity index (χ3n) is 1.16.